The summed E-state index contributed by atoms with van der Waals surface area (Å²) in [5.41, 5.74) is 0. The summed E-state index contributed by atoms with van der Waals surface area (Å²) in [5, 5.41) is 2.97. The van der Waals surface area contributed by atoms with E-state index < -0.39 is 6.17 Å². The van der Waals surface area contributed by atoms with Crippen LogP contribution >= 0.6 is 0 Å². The summed E-state index contributed by atoms with van der Waals surface area (Å²) in [6.07, 6.45) is 0.234. The van der Waals surface area contributed by atoms with Crippen LogP contribution in [0.1, 0.15) is 6.42 Å². The average Bonchev–Trinajstić information content (AvgIpc) is 1.88. The molecule has 1 saturated heterocycles. The molecule has 1 heterocycles. The molecule has 2 nitrogen and oxygen atoms in total. The van der Waals surface area contributed by atoms with E-state index in [-0.39, 0.29) is 6.04 Å². The van der Waals surface area contributed by atoms with E-state index in [1.807, 2.05) is 19.0 Å². The molecule has 1 N–H and O–H groups in total. The molecule has 10 heavy (non-hydrogen) atoms. The molecule has 0 aromatic heterocycles. The molecule has 0 aromatic rings. The molecule has 2 atom stereocenters. The molecule has 0 aliphatic carbocycles. The predicted molar refractivity (Wildman–Crippen MR) is 39.9 cm³/mol. The lowest BCUT2D eigenvalue weighted by Gasteiger charge is -2.31. The third-order valence-electron chi connectivity index (χ3n) is 2.12. The second-order valence-corrected chi connectivity index (χ2v) is 2.96. The molecular formula is C7H15FN2. The van der Waals surface area contributed by atoms with Gasteiger partial charge in [0.25, 0.3) is 0 Å². The summed E-state index contributed by atoms with van der Waals surface area (Å²) in [7, 11) is 3.78. The van der Waals surface area contributed by atoms with Crippen LogP contribution in [0, 0.1) is 0 Å². The van der Waals surface area contributed by atoms with Crippen LogP contribution in [0.4, 0.5) is 4.39 Å². The molecule has 3 heteroatoms. The minimum atomic E-state index is -0.691. The van der Waals surface area contributed by atoms with E-state index in [2.05, 4.69) is 5.32 Å². The maximum Gasteiger partial charge on any atom is 0.128 e. The molecule has 0 aromatic carbocycles. The van der Waals surface area contributed by atoms with E-state index in [0.717, 1.165) is 13.0 Å². The number of hydrogen-bond acceptors (Lipinski definition) is 2. The van der Waals surface area contributed by atoms with Crippen molar-refractivity contribution < 1.29 is 4.39 Å². The molecule has 1 aliphatic heterocycles. The van der Waals surface area contributed by atoms with Crippen LogP contribution in [0.25, 0.3) is 0 Å². The highest BCUT2D eigenvalue weighted by atomic mass is 19.1. The minimum Gasteiger partial charge on any atom is -0.314 e. The molecular weight excluding hydrogens is 131 g/mol. The summed E-state index contributed by atoms with van der Waals surface area (Å²) >= 11 is 0. The quantitative estimate of drug-likeness (QED) is 0.570. The summed E-state index contributed by atoms with van der Waals surface area (Å²) in [6.45, 7) is 1.58. The van der Waals surface area contributed by atoms with Crippen molar-refractivity contribution in [3.8, 4) is 0 Å². The zero-order valence-corrected chi connectivity index (χ0v) is 6.60. The van der Waals surface area contributed by atoms with E-state index in [4.69, 9.17) is 0 Å². The first-order valence-electron chi connectivity index (χ1n) is 3.74. The Balaban J connectivity index is 2.36. The maximum atomic E-state index is 13.0. The van der Waals surface area contributed by atoms with E-state index in [9.17, 15) is 4.39 Å². The van der Waals surface area contributed by atoms with E-state index >= 15 is 0 Å². The van der Waals surface area contributed by atoms with E-state index in [1.54, 1.807) is 0 Å². The minimum absolute atomic E-state index is 0.0798. The topological polar surface area (TPSA) is 15.3 Å². The second-order valence-electron chi connectivity index (χ2n) is 2.96. The fourth-order valence-electron chi connectivity index (χ4n) is 1.38. The van der Waals surface area contributed by atoms with Crippen molar-refractivity contribution >= 4 is 0 Å². The van der Waals surface area contributed by atoms with Crippen LogP contribution in [0.15, 0.2) is 0 Å². The van der Waals surface area contributed by atoms with Crippen LogP contribution in [-0.4, -0.2) is 44.3 Å². The summed E-state index contributed by atoms with van der Waals surface area (Å²) in [6, 6.07) is 0.0798. The molecule has 1 aliphatic rings. The molecule has 0 radical (unpaired) electrons. The smallest absolute Gasteiger partial charge is 0.128 e. The molecule has 60 valence electrons. The van der Waals surface area contributed by atoms with E-state index in [0.29, 0.717) is 6.54 Å². The van der Waals surface area contributed by atoms with Gasteiger partial charge in [-0.3, -0.25) is 0 Å². The summed E-state index contributed by atoms with van der Waals surface area (Å²) in [5.74, 6) is 0. The van der Waals surface area contributed by atoms with Crippen molar-refractivity contribution in [2.24, 2.45) is 0 Å². The van der Waals surface area contributed by atoms with Crippen LogP contribution in [0.2, 0.25) is 0 Å². The fourth-order valence-corrected chi connectivity index (χ4v) is 1.38. The van der Waals surface area contributed by atoms with Gasteiger partial charge in [0.05, 0.1) is 0 Å². The van der Waals surface area contributed by atoms with Gasteiger partial charge in [0.15, 0.2) is 0 Å². The van der Waals surface area contributed by atoms with Gasteiger partial charge in [0.2, 0.25) is 0 Å². The first-order chi connectivity index (χ1) is 4.74. The van der Waals surface area contributed by atoms with Gasteiger partial charge in [0.1, 0.15) is 6.17 Å². The Morgan fingerprint density at radius 1 is 1.60 bits per heavy atom. The number of hydrogen-bond donors (Lipinski definition) is 1. The Bertz CT molecular complexity index is 108. The molecule has 0 amide bonds. The van der Waals surface area contributed by atoms with Gasteiger partial charge < -0.3 is 10.2 Å². The normalized spacial score (nSPS) is 36.3. The van der Waals surface area contributed by atoms with Gasteiger partial charge in [-0.05, 0) is 27.1 Å². The van der Waals surface area contributed by atoms with Crippen LogP contribution in [0.3, 0.4) is 0 Å². The van der Waals surface area contributed by atoms with Gasteiger partial charge in [-0.2, -0.15) is 0 Å². The van der Waals surface area contributed by atoms with Crippen molar-refractivity contribution in [3.63, 3.8) is 0 Å². The highest BCUT2D eigenvalue weighted by Crippen LogP contribution is 2.11. The van der Waals surface area contributed by atoms with Gasteiger partial charge >= 0.3 is 0 Å². The Hall–Kier alpha value is -0.150. The average molecular weight is 146 g/mol. The molecule has 0 saturated carbocycles. The standard InChI is InChI=1S/C7H15FN2/c1-9-7-3-4-10(2)5-6(7)8/h6-7,9H,3-5H2,1-2H3/t6-,7-/m1/s1. The first-order valence-corrected chi connectivity index (χ1v) is 3.74. The summed E-state index contributed by atoms with van der Waals surface area (Å²) in [4.78, 5) is 2.03. The Morgan fingerprint density at radius 2 is 2.30 bits per heavy atom. The number of alkyl halides is 1. The highest BCUT2D eigenvalue weighted by Gasteiger charge is 2.25. The largest absolute Gasteiger partial charge is 0.314 e. The van der Waals surface area contributed by atoms with E-state index in [1.165, 1.54) is 0 Å². The number of piperidine rings is 1. The van der Waals surface area contributed by atoms with Crippen LogP contribution in [0.5, 0.6) is 0 Å². The molecule has 1 rings (SSSR count). The van der Waals surface area contributed by atoms with Gasteiger partial charge in [-0.25, -0.2) is 4.39 Å². The zero-order valence-electron chi connectivity index (χ0n) is 6.60. The Labute approximate surface area is 61.4 Å². The number of nitrogens with one attached hydrogen (secondary N) is 1. The molecule has 0 spiro atoms. The fraction of sp³-hybridized carbons (Fsp3) is 1.00. The van der Waals surface area contributed by atoms with Crippen LogP contribution in [-0.2, 0) is 0 Å². The van der Waals surface area contributed by atoms with Gasteiger partial charge in [0, 0.05) is 12.6 Å². The van der Waals surface area contributed by atoms with Crippen molar-refractivity contribution in [2.75, 3.05) is 27.2 Å². The third-order valence-corrected chi connectivity index (χ3v) is 2.12. The highest BCUT2D eigenvalue weighted by molar-refractivity contribution is 4.82. The predicted octanol–water partition coefficient (Wildman–Crippen LogP) is 0.248. The number of rotatable bonds is 1. The SMILES string of the molecule is CN[C@@H]1CCN(C)C[C@H]1F. The molecule has 0 bridgehead atoms. The van der Waals surface area contributed by atoms with Gasteiger partial charge in [-0.1, -0.05) is 0 Å². The lowest BCUT2D eigenvalue weighted by molar-refractivity contribution is 0.127. The monoisotopic (exact) mass is 146 g/mol. The van der Waals surface area contributed by atoms with Crippen molar-refractivity contribution in [2.45, 2.75) is 18.6 Å². The maximum absolute atomic E-state index is 13.0. The zero-order chi connectivity index (χ0) is 7.56. The number of likely N-dealkylation sites (tertiary alicyclic amines) is 1. The van der Waals surface area contributed by atoms with Crippen molar-refractivity contribution in [1.82, 2.24) is 10.2 Å². The first kappa shape index (κ1) is 7.95. The summed E-state index contributed by atoms with van der Waals surface area (Å²) < 4.78 is 13.0. The Morgan fingerprint density at radius 3 is 2.80 bits per heavy atom. The number of halogens is 1. The van der Waals surface area contributed by atoms with Gasteiger partial charge in [-0.15, -0.1) is 0 Å². The molecule has 1 fully saturated rings. The lowest BCUT2D eigenvalue weighted by Crippen LogP contribution is -2.48. The lowest BCUT2D eigenvalue weighted by atomic mass is 10.0. The third kappa shape index (κ3) is 1.67. The second kappa shape index (κ2) is 3.30. The van der Waals surface area contributed by atoms with Crippen LogP contribution < -0.4 is 5.32 Å². The molecule has 0 unspecified atom stereocenters. The Kier molecular flexibility index (Phi) is 2.63. The van der Waals surface area contributed by atoms with Crippen molar-refractivity contribution in [3.05, 3.63) is 0 Å². The number of nitrogens with zero attached hydrogens (tertiary/aromatic N) is 1. The van der Waals surface area contributed by atoms with Crippen molar-refractivity contribution in [1.29, 1.82) is 0 Å².